The Morgan fingerprint density at radius 2 is 2.11 bits per heavy atom. The molecule has 0 aliphatic rings. The molecule has 1 aromatic carbocycles. The van der Waals surface area contributed by atoms with Crippen LogP contribution in [-0.4, -0.2) is 25.2 Å². The van der Waals surface area contributed by atoms with Crippen molar-refractivity contribution in [1.82, 2.24) is 0 Å². The molecule has 0 spiro atoms. The van der Waals surface area contributed by atoms with Crippen LogP contribution in [0.3, 0.4) is 0 Å². The Hall–Kier alpha value is -0.950. The van der Waals surface area contributed by atoms with Gasteiger partial charge in [0, 0.05) is 0 Å². The van der Waals surface area contributed by atoms with Gasteiger partial charge in [0.25, 0.3) is 0 Å². The molecule has 7 heteroatoms. The van der Waals surface area contributed by atoms with Crippen molar-refractivity contribution in [2.24, 2.45) is 5.92 Å². The Balaban J connectivity index is 2.90. The van der Waals surface area contributed by atoms with Gasteiger partial charge in [0.15, 0.2) is 9.84 Å². The van der Waals surface area contributed by atoms with Gasteiger partial charge in [-0.05, 0) is 27.6 Å². The summed E-state index contributed by atoms with van der Waals surface area (Å²) in [5, 5.41) is 8.68. The summed E-state index contributed by atoms with van der Waals surface area (Å²) < 4.78 is 36.8. The molecule has 4 nitrogen and oxygen atoms in total. The van der Waals surface area contributed by atoms with Crippen LogP contribution < -0.4 is 0 Å². The highest BCUT2D eigenvalue weighted by Crippen LogP contribution is 2.23. The molecule has 0 fully saturated rings. The van der Waals surface area contributed by atoms with E-state index in [0.717, 1.165) is 0 Å². The summed E-state index contributed by atoms with van der Waals surface area (Å²) in [6, 6.07) is 4.10. The van der Waals surface area contributed by atoms with Crippen LogP contribution in [0.4, 0.5) is 4.39 Å². The lowest BCUT2D eigenvalue weighted by Crippen LogP contribution is -2.22. The van der Waals surface area contributed by atoms with Crippen molar-refractivity contribution in [3.63, 3.8) is 0 Å². The molecule has 0 aromatic heterocycles. The molecule has 1 rings (SSSR count). The first kappa shape index (κ1) is 15.1. The maximum atomic E-state index is 13.2. The van der Waals surface area contributed by atoms with Crippen LogP contribution in [0.5, 0.6) is 0 Å². The molecule has 18 heavy (non-hydrogen) atoms. The standard InChI is InChI=1S/C11H12BrFO4S/c1-7(11(14)15)5-18(16,17)6-8-3-2-4-9(13)10(8)12/h2-4,7H,5-6H2,1H3,(H,14,15). The zero-order valence-corrected chi connectivity index (χ0v) is 12.0. The summed E-state index contributed by atoms with van der Waals surface area (Å²) in [7, 11) is -3.60. The number of carbonyl (C=O) groups is 1. The van der Waals surface area contributed by atoms with Gasteiger partial charge in [0.05, 0.1) is 21.9 Å². The minimum atomic E-state index is -3.60. The third-order valence-corrected chi connectivity index (χ3v) is 4.98. The lowest BCUT2D eigenvalue weighted by Gasteiger charge is -2.09. The molecule has 0 amide bonds. The average Bonchev–Trinajstić information content (AvgIpc) is 2.23. The predicted octanol–water partition coefficient (Wildman–Crippen LogP) is 2.22. The van der Waals surface area contributed by atoms with Crippen LogP contribution in [0, 0.1) is 11.7 Å². The van der Waals surface area contributed by atoms with E-state index in [-0.39, 0.29) is 15.8 Å². The van der Waals surface area contributed by atoms with Crippen LogP contribution in [0.25, 0.3) is 0 Å². The van der Waals surface area contributed by atoms with Gasteiger partial charge in [0.1, 0.15) is 5.82 Å². The largest absolute Gasteiger partial charge is 0.481 e. The Morgan fingerprint density at radius 3 is 2.67 bits per heavy atom. The lowest BCUT2D eigenvalue weighted by molar-refractivity contribution is -0.140. The highest BCUT2D eigenvalue weighted by Gasteiger charge is 2.22. The average molecular weight is 339 g/mol. The summed E-state index contributed by atoms with van der Waals surface area (Å²) in [6.45, 7) is 1.32. The zero-order chi connectivity index (χ0) is 13.9. The smallest absolute Gasteiger partial charge is 0.307 e. The molecular weight excluding hydrogens is 327 g/mol. The maximum absolute atomic E-state index is 13.2. The third kappa shape index (κ3) is 4.06. The Labute approximate surface area is 113 Å². The van der Waals surface area contributed by atoms with Crippen LogP contribution in [0.15, 0.2) is 22.7 Å². The first-order valence-corrected chi connectivity index (χ1v) is 7.70. The van der Waals surface area contributed by atoms with Crippen molar-refractivity contribution in [1.29, 1.82) is 0 Å². The Bertz CT molecular complexity index is 556. The molecular formula is C11H12BrFO4S. The van der Waals surface area contributed by atoms with Gasteiger partial charge in [-0.25, -0.2) is 12.8 Å². The van der Waals surface area contributed by atoms with Crippen molar-refractivity contribution < 1.29 is 22.7 Å². The fraction of sp³-hybridized carbons (Fsp3) is 0.364. The van der Waals surface area contributed by atoms with Crippen LogP contribution in [0.2, 0.25) is 0 Å². The summed E-state index contributed by atoms with van der Waals surface area (Å²) >= 11 is 2.97. The van der Waals surface area contributed by atoms with Crippen molar-refractivity contribution in [2.75, 3.05) is 5.75 Å². The van der Waals surface area contributed by atoms with E-state index in [1.165, 1.54) is 25.1 Å². The first-order valence-electron chi connectivity index (χ1n) is 5.09. The second-order valence-electron chi connectivity index (χ2n) is 4.01. The molecule has 1 unspecified atom stereocenters. The quantitative estimate of drug-likeness (QED) is 0.893. The maximum Gasteiger partial charge on any atom is 0.307 e. The van der Waals surface area contributed by atoms with Gasteiger partial charge in [-0.15, -0.1) is 0 Å². The molecule has 0 heterocycles. The Morgan fingerprint density at radius 1 is 1.50 bits per heavy atom. The van der Waals surface area contributed by atoms with Crippen molar-refractivity contribution >= 4 is 31.7 Å². The number of carboxylic acid groups (broad SMARTS) is 1. The SMILES string of the molecule is CC(CS(=O)(=O)Cc1cccc(F)c1Br)C(=O)O. The van der Waals surface area contributed by atoms with E-state index in [1.807, 2.05) is 0 Å². The fourth-order valence-electron chi connectivity index (χ4n) is 1.41. The summed E-state index contributed by atoms with van der Waals surface area (Å²) in [6.07, 6.45) is 0. The second kappa shape index (κ2) is 5.79. The summed E-state index contributed by atoms with van der Waals surface area (Å²) in [5.41, 5.74) is 0.285. The van der Waals surface area contributed by atoms with E-state index in [4.69, 9.17) is 5.11 Å². The fourth-order valence-corrected chi connectivity index (χ4v) is 3.73. The number of hydrogen-bond acceptors (Lipinski definition) is 3. The molecule has 0 bridgehead atoms. The van der Waals surface area contributed by atoms with Gasteiger partial charge in [0.2, 0.25) is 0 Å². The highest BCUT2D eigenvalue weighted by molar-refractivity contribution is 9.10. The third-order valence-electron chi connectivity index (χ3n) is 2.33. The minimum Gasteiger partial charge on any atom is -0.481 e. The molecule has 0 radical (unpaired) electrons. The normalized spacial score (nSPS) is 13.3. The van der Waals surface area contributed by atoms with Gasteiger partial charge in [-0.3, -0.25) is 4.79 Å². The van der Waals surface area contributed by atoms with Crippen molar-refractivity contribution in [3.05, 3.63) is 34.1 Å². The molecule has 100 valence electrons. The number of hydrogen-bond donors (Lipinski definition) is 1. The minimum absolute atomic E-state index is 0.0940. The number of halogens is 2. The summed E-state index contributed by atoms with van der Waals surface area (Å²) in [5.74, 6) is -3.55. The molecule has 1 atom stereocenters. The van der Waals surface area contributed by atoms with Crippen LogP contribution in [0.1, 0.15) is 12.5 Å². The van der Waals surface area contributed by atoms with E-state index in [9.17, 15) is 17.6 Å². The Kier molecular flexibility index (Phi) is 4.86. The number of rotatable bonds is 5. The van der Waals surface area contributed by atoms with Gasteiger partial charge in [-0.1, -0.05) is 19.1 Å². The van der Waals surface area contributed by atoms with Crippen molar-refractivity contribution in [2.45, 2.75) is 12.7 Å². The van der Waals surface area contributed by atoms with E-state index in [1.54, 1.807) is 0 Å². The van der Waals surface area contributed by atoms with Crippen molar-refractivity contribution in [3.8, 4) is 0 Å². The van der Waals surface area contributed by atoms with E-state index < -0.39 is 33.3 Å². The van der Waals surface area contributed by atoms with Gasteiger partial charge < -0.3 is 5.11 Å². The lowest BCUT2D eigenvalue weighted by atomic mass is 10.2. The van der Waals surface area contributed by atoms with Gasteiger partial charge >= 0.3 is 5.97 Å². The molecule has 0 saturated heterocycles. The number of aliphatic carboxylic acids is 1. The zero-order valence-electron chi connectivity index (χ0n) is 9.56. The first-order chi connectivity index (χ1) is 8.23. The highest BCUT2D eigenvalue weighted by atomic mass is 79.9. The monoisotopic (exact) mass is 338 g/mol. The van der Waals surface area contributed by atoms with E-state index in [0.29, 0.717) is 0 Å². The number of sulfone groups is 1. The summed E-state index contributed by atoms with van der Waals surface area (Å²) in [4.78, 5) is 10.6. The van der Waals surface area contributed by atoms with Gasteiger partial charge in [-0.2, -0.15) is 0 Å². The molecule has 1 N–H and O–H groups in total. The van der Waals surface area contributed by atoms with Crippen LogP contribution >= 0.6 is 15.9 Å². The number of carboxylic acids is 1. The molecule has 0 aliphatic carbocycles. The predicted molar refractivity (Wildman–Crippen MR) is 68.4 cm³/mol. The number of benzene rings is 1. The molecule has 0 aliphatic heterocycles. The molecule has 0 saturated carbocycles. The topological polar surface area (TPSA) is 71.4 Å². The van der Waals surface area contributed by atoms with Crippen LogP contribution in [-0.2, 0) is 20.4 Å². The second-order valence-corrected chi connectivity index (χ2v) is 6.91. The molecule has 1 aromatic rings. The van der Waals surface area contributed by atoms with E-state index >= 15 is 0 Å². The van der Waals surface area contributed by atoms with E-state index in [2.05, 4.69) is 15.9 Å².